The SMILES string of the molecule is COc1ccc(C2c3cccn3-c3ccccc3N2C(=O)CN(C(=O)c2cccc(C(F)(F)F)c2)C(C)C)cc1. The Hall–Kier alpha value is -4.53. The number of fused-ring (bicyclic) bond motifs is 3. The molecule has 1 unspecified atom stereocenters. The van der Waals surface area contributed by atoms with Crippen LogP contribution in [0.2, 0.25) is 0 Å². The van der Waals surface area contributed by atoms with E-state index in [1.165, 1.54) is 17.0 Å². The van der Waals surface area contributed by atoms with E-state index in [1.807, 2.05) is 71.4 Å². The number of halogens is 3. The lowest BCUT2D eigenvalue weighted by atomic mass is 9.97. The second kappa shape index (κ2) is 10.6. The number of aromatic nitrogens is 1. The maximum absolute atomic E-state index is 14.2. The number of hydrogen-bond donors (Lipinski definition) is 0. The number of benzene rings is 3. The molecule has 0 radical (unpaired) electrons. The van der Waals surface area contributed by atoms with Crippen molar-refractivity contribution in [3.8, 4) is 11.4 Å². The van der Waals surface area contributed by atoms with Crippen LogP contribution in [-0.2, 0) is 11.0 Å². The smallest absolute Gasteiger partial charge is 0.416 e. The van der Waals surface area contributed by atoms with Crippen molar-refractivity contribution in [1.29, 1.82) is 0 Å². The lowest BCUT2D eigenvalue weighted by Crippen LogP contribution is -2.48. The fraction of sp³-hybridized carbons (Fsp3) is 0.226. The van der Waals surface area contributed by atoms with Crippen LogP contribution in [0.3, 0.4) is 0 Å². The molecule has 6 nitrogen and oxygen atoms in total. The normalized spacial score (nSPS) is 14.5. The molecule has 4 aromatic rings. The van der Waals surface area contributed by atoms with Crippen molar-refractivity contribution < 1.29 is 27.5 Å². The average Bonchev–Trinajstić information content (AvgIpc) is 3.44. The number of rotatable bonds is 6. The molecular weight excluding hydrogens is 519 g/mol. The highest BCUT2D eigenvalue weighted by Crippen LogP contribution is 2.42. The first-order valence-corrected chi connectivity index (χ1v) is 12.8. The molecule has 5 rings (SSSR count). The second-order valence-corrected chi connectivity index (χ2v) is 9.84. The van der Waals surface area contributed by atoms with Crippen LogP contribution in [0.1, 0.15) is 47.1 Å². The average molecular weight is 548 g/mol. The molecule has 1 atom stereocenters. The van der Waals surface area contributed by atoms with E-state index in [4.69, 9.17) is 4.74 Å². The van der Waals surface area contributed by atoms with E-state index in [0.717, 1.165) is 29.1 Å². The van der Waals surface area contributed by atoms with Gasteiger partial charge in [-0.1, -0.05) is 30.3 Å². The Morgan fingerprint density at radius 2 is 1.62 bits per heavy atom. The summed E-state index contributed by atoms with van der Waals surface area (Å²) in [7, 11) is 1.58. The van der Waals surface area contributed by atoms with E-state index < -0.39 is 29.7 Å². The summed E-state index contributed by atoms with van der Waals surface area (Å²) in [6.45, 7) is 3.14. The number of alkyl halides is 3. The van der Waals surface area contributed by atoms with Gasteiger partial charge in [0.25, 0.3) is 5.91 Å². The van der Waals surface area contributed by atoms with Crippen LogP contribution >= 0.6 is 0 Å². The Morgan fingerprint density at radius 3 is 2.27 bits per heavy atom. The number of methoxy groups -OCH3 is 1. The van der Waals surface area contributed by atoms with Crippen LogP contribution in [0.5, 0.6) is 5.75 Å². The van der Waals surface area contributed by atoms with Crippen LogP contribution in [-0.4, -0.2) is 41.0 Å². The van der Waals surface area contributed by atoms with Gasteiger partial charge in [-0.3, -0.25) is 14.5 Å². The number of amides is 2. The third-order valence-electron chi connectivity index (χ3n) is 7.05. The molecule has 3 aromatic carbocycles. The third-order valence-corrected chi connectivity index (χ3v) is 7.05. The van der Waals surface area contributed by atoms with Gasteiger partial charge in [0.15, 0.2) is 0 Å². The highest BCUT2D eigenvalue weighted by Gasteiger charge is 2.38. The van der Waals surface area contributed by atoms with Gasteiger partial charge in [0.05, 0.1) is 29.7 Å². The zero-order chi connectivity index (χ0) is 28.6. The molecule has 206 valence electrons. The first-order chi connectivity index (χ1) is 19.1. The summed E-state index contributed by atoms with van der Waals surface area (Å²) >= 11 is 0. The molecule has 2 heterocycles. The highest BCUT2D eigenvalue weighted by molar-refractivity contribution is 6.02. The summed E-state index contributed by atoms with van der Waals surface area (Å²) in [6.07, 6.45) is -2.66. The van der Waals surface area contributed by atoms with Crippen molar-refractivity contribution in [1.82, 2.24) is 9.47 Å². The topological polar surface area (TPSA) is 54.8 Å². The maximum Gasteiger partial charge on any atom is 0.416 e. The molecule has 2 amide bonds. The molecular formula is C31H28F3N3O3. The van der Waals surface area contributed by atoms with Crippen LogP contribution in [0.25, 0.3) is 5.69 Å². The third kappa shape index (κ3) is 4.95. The molecule has 0 N–H and O–H groups in total. The fourth-order valence-corrected chi connectivity index (χ4v) is 5.07. The van der Waals surface area contributed by atoms with Crippen molar-refractivity contribution in [2.24, 2.45) is 0 Å². The Bertz CT molecular complexity index is 1540. The fourth-order valence-electron chi connectivity index (χ4n) is 5.07. The van der Waals surface area contributed by atoms with Gasteiger partial charge >= 0.3 is 6.18 Å². The zero-order valence-corrected chi connectivity index (χ0v) is 22.2. The molecule has 1 aliphatic heterocycles. The summed E-state index contributed by atoms with van der Waals surface area (Å²) in [5.41, 5.74) is 2.12. The first-order valence-electron chi connectivity index (χ1n) is 12.8. The summed E-state index contributed by atoms with van der Waals surface area (Å²) in [4.78, 5) is 30.6. The van der Waals surface area contributed by atoms with Crippen molar-refractivity contribution in [3.63, 3.8) is 0 Å². The number of anilines is 1. The number of ether oxygens (including phenoxy) is 1. The molecule has 0 saturated heterocycles. The van der Waals surface area contributed by atoms with Crippen molar-refractivity contribution >= 4 is 17.5 Å². The van der Waals surface area contributed by atoms with Crippen molar-refractivity contribution in [2.75, 3.05) is 18.6 Å². The van der Waals surface area contributed by atoms with E-state index in [9.17, 15) is 22.8 Å². The molecule has 0 fully saturated rings. The molecule has 0 spiro atoms. The minimum atomic E-state index is -4.59. The number of para-hydroxylation sites is 2. The highest BCUT2D eigenvalue weighted by atomic mass is 19.4. The summed E-state index contributed by atoms with van der Waals surface area (Å²) < 4.78 is 47.4. The molecule has 1 aliphatic rings. The summed E-state index contributed by atoms with van der Waals surface area (Å²) in [5, 5.41) is 0. The van der Waals surface area contributed by atoms with E-state index in [-0.39, 0.29) is 18.0 Å². The van der Waals surface area contributed by atoms with Crippen LogP contribution in [0.4, 0.5) is 18.9 Å². The van der Waals surface area contributed by atoms with Crippen molar-refractivity contribution in [3.05, 3.63) is 114 Å². The van der Waals surface area contributed by atoms with Gasteiger partial charge in [-0.2, -0.15) is 13.2 Å². The van der Waals surface area contributed by atoms with Crippen LogP contribution in [0.15, 0.2) is 91.1 Å². The van der Waals surface area contributed by atoms with Gasteiger partial charge in [-0.15, -0.1) is 0 Å². The van der Waals surface area contributed by atoms with Crippen LogP contribution < -0.4 is 9.64 Å². The Balaban J connectivity index is 1.55. The predicted molar refractivity (Wildman–Crippen MR) is 146 cm³/mol. The van der Waals surface area contributed by atoms with E-state index in [1.54, 1.807) is 25.9 Å². The lowest BCUT2D eigenvalue weighted by molar-refractivity contribution is -0.137. The summed E-state index contributed by atoms with van der Waals surface area (Å²) in [6, 6.07) is 22.1. The lowest BCUT2D eigenvalue weighted by Gasteiger charge is -2.40. The van der Waals surface area contributed by atoms with Gasteiger partial charge < -0.3 is 14.2 Å². The molecule has 0 saturated carbocycles. The van der Waals surface area contributed by atoms with Crippen molar-refractivity contribution in [2.45, 2.75) is 32.1 Å². The number of carbonyl (C=O) groups excluding carboxylic acids is 2. The van der Waals surface area contributed by atoms with Gasteiger partial charge in [-0.05, 0) is 74.0 Å². The quantitative estimate of drug-likeness (QED) is 0.277. The number of hydrogen-bond acceptors (Lipinski definition) is 3. The van der Waals surface area contributed by atoms with E-state index in [2.05, 4.69) is 0 Å². The van der Waals surface area contributed by atoms with E-state index >= 15 is 0 Å². The number of nitrogens with zero attached hydrogens (tertiary/aromatic N) is 3. The largest absolute Gasteiger partial charge is 0.497 e. The summed E-state index contributed by atoms with van der Waals surface area (Å²) in [5.74, 6) is -0.343. The minimum absolute atomic E-state index is 0.129. The van der Waals surface area contributed by atoms with Gasteiger partial charge in [0, 0.05) is 17.8 Å². The zero-order valence-electron chi connectivity index (χ0n) is 22.2. The van der Waals surface area contributed by atoms with Gasteiger partial charge in [0.2, 0.25) is 5.91 Å². The Labute approximate surface area is 230 Å². The molecule has 1 aromatic heterocycles. The second-order valence-electron chi connectivity index (χ2n) is 9.84. The maximum atomic E-state index is 14.2. The monoisotopic (exact) mass is 547 g/mol. The standard InChI is InChI=1S/C31H28F3N3O3/c1-20(2)36(30(39)22-8-6-9-23(18-22)31(32,33)34)19-28(38)37-26-11-5-4-10-25(26)35-17-7-12-27(35)29(37)21-13-15-24(40-3)16-14-21/h4-18,20,29H,19H2,1-3H3. The number of carbonyl (C=O) groups is 2. The molecule has 9 heteroatoms. The van der Waals surface area contributed by atoms with Crippen LogP contribution in [0, 0.1) is 0 Å². The van der Waals surface area contributed by atoms with Gasteiger partial charge in [-0.25, -0.2) is 0 Å². The molecule has 0 aliphatic carbocycles. The Morgan fingerprint density at radius 1 is 0.925 bits per heavy atom. The Kier molecular flexibility index (Phi) is 7.14. The minimum Gasteiger partial charge on any atom is -0.497 e. The van der Waals surface area contributed by atoms with Gasteiger partial charge in [0.1, 0.15) is 18.3 Å². The van der Waals surface area contributed by atoms with E-state index in [0.29, 0.717) is 11.4 Å². The molecule has 0 bridgehead atoms. The first kappa shape index (κ1) is 27.1. The predicted octanol–water partition coefficient (Wildman–Crippen LogP) is 6.49. The molecule has 40 heavy (non-hydrogen) atoms.